The van der Waals surface area contributed by atoms with Crippen LogP contribution in [0.4, 0.5) is 4.79 Å². The predicted octanol–water partition coefficient (Wildman–Crippen LogP) is 4.57. The maximum absolute atomic E-state index is 13.2. The van der Waals surface area contributed by atoms with Crippen molar-refractivity contribution in [2.45, 2.75) is 77.5 Å². The highest BCUT2D eigenvalue weighted by Gasteiger charge is 2.33. The molecule has 6 heteroatoms. The highest BCUT2D eigenvalue weighted by molar-refractivity contribution is 5.69. The second-order valence-corrected chi connectivity index (χ2v) is 9.18. The molecule has 1 amide bonds. The number of hydrogen-bond donors (Lipinski definition) is 3. The van der Waals surface area contributed by atoms with Crippen molar-refractivity contribution in [2.24, 2.45) is 5.73 Å². The minimum absolute atomic E-state index is 0.00440. The predicted molar refractivity (Wildman–Crippen MR) is 132 cm³/mol. The van der Waals surface area contributed by atoms with Gasteiger partial charge in [-0.25, -0.2) is 4.79 Å². The molecular weight excluding hydrogens is 402 g/mol. The fraction of sp³-hybridized carbons (Fsp3) is 0.577. The summed E-state index contributed by atoms with van der Waals surface area (Å²) in [6.45, 7) is 10.0. The van der Waals surface area contributed by atoms with Crippen molar-refractivity contribution in [3.8, 4) is 0 Å². The van der Waals surface area contributed by atoms with Gasteiger partial charge in [0.25, 0.3) is 0 Å². The van der Waals surface area contributed by atoms with Gasteiger partial charge in [-0.2, -0.15) is 0 Å². The first-order valence-electron chi connectivity index (χ1n) is 11.6. The molecule has 180 valence electrons. The molecule has 0 fully saturated rings. The number of amides is 1. The van der Waals surface area contributed by atoms with Gasteiger partial charge in [-0.3, -0.25) is 0 Å². The van der Waals surface area contributed by atoms with E-state index >= 15 is 0 Å². The average molecular weight is 446 g/mol. The summed E-state index contributed by atoms with van der Waals surface area (Å²) in [5.74, 6) is -0.191. The van der Waals surface area contributed by atoms with E-state index in [-0.39, 0.29) is 30.7 Å². The molecule has 0 aliphatic carbocycles. The van der Waals surface area contributed by atoms with E-state index in [1.807, 2.05) is 84.3 Å². The van der Waals surface area contributed by atoms with E-state index in [0.29, 0.717) is 19.4 Å². The van der Waals surface area contributed by atoms with Crippen molar-refractivity contribution in [3.05, 3.63) is 59.8 Å². The summed E-state index contributed by atoms with van der Waals surface area (Å²) in [6.07, 6.45) is 7.80. The van der Waals surface area contributed by atoms with Gasteiger partial charge in [-0.05, 0) is 64.3 Å². The van der Waals surface area contributed by atoms with Gasteiger partial charge < -0.3 is 25.8 Å². The molecule has 1 aromatic rings. The van der Waals surface area contributed by atoms with Crippen LogP contribution >= 0.6 is 0 Å². The van der Waals surface area contributed by atoms with Crippen molar-refractivity contribution in [1.29, 1.82) is 0 Å². The van der Waals surface area contributed by atoms with E-state index in [0.717, 1.165) is 17.6 Å². The van der Waals surface area contributed by atoms with E-state index < -0.39 is 5.60 Å². The number of allylic oxidation sites excluding steroid dienone is 1. The smallest absolute Gasteiger partial charge is 0.410 e. The lowest BCUT2D eigenvalue weighted by molar-refractivity contribution is 0.0105. The van der Waals surface area contributed by atoms with Gasteiger partial charge in [0.2, 0.25) is 0 Å². The van der Waals surface area contributed by atoms with Gasteiger partial charge in [0.05, 0.1) is 6.61 Å². The van der Waals surface area contributed by atoms with Gasteiger partial charge in [0.1, 0.15) is 5.60 Å². The molecule has 0 spiro atoms. The summed E-state index contributed by atoms with van der Waals surface area (Å²) >= 11 is 0. The number of ether oxygens (including phenoxy) is 1. The molecule has 1 aromatic carbocycles. The number of nitrogens with zero attached hydrogens (tertiary/aromatic N) is 1. The molecule has 0 aliphatic rings. The van der Waals surface area contributed by atoms with Crippen LogP contribution in [0.5, 0.6) is 0 Å². The minimum atomic E-state index is -0.598. The van der Waals surface area contributed by atoms with Crippen LogP contribution in [0.1, 0.15) is 65.4 Å². The number of hydrogen-bond acceptors (Lipinski definition) is 5. The summed E-state index contributed by atoms with van der Waals surface area (Å²) in [5, 5.41) is 13.4. The van der Waals surface area contributed by atoms with E-state index in [9.17, 15) is 9.90 Å². The SMILES string of the molecule is CCC(C(CO)c1ccccc1)N(CC/C(=C/NC)C/C=C\C(C)N)C(=O)OC(C)(C)C. The quantitative estimate of drug-likeness (QED) is 0.410. The minimum Gasteiger partial charge on any atom is -0.444 e. The maximum Gasteiger partial charge on any atom is 0.410 e. The van der Waals surface area contributed by atoms with E-state index in [2.05, 4.69) is 11.4 Å². The zero-order valence-electron chi connectivity index (χ0n) is 20.7. The normalized spacial score (nSPS) is 15.3. The summed E-state index contributed by atoms with van der Waals surface area (Å²) in [4.78, 5) is 15.0. The Bertz CT molecular complexity index is 724. The first kappa shape index (κ1) is 27.7. The van der Waals surface area contributed by atoms with Crippen LogP contribution in [0.25, 0.3) is 0 Å². The number of carbonyl (C=O) groups is 1. The Kier molecular flexibility index (Phi) is 12.1. The van der Waals surface area contributed by atoms with Crippen LogP contribution in [0.15, 0.2) is 54.3 Å². The number of carbonyl (C=O) groups excluding carboxylic acids is 1. The summed E-state index contributed by atoms with van der Waals surface area (Å²) in [7, 11) is 1.87. The molecular formula is C26H43N3O3. The van der Waals surface area contributed by atoms with E-state index in [1.165, 1.54) is 0 Å². The fourth-order valence-electron chi connectivity index (χ4n) is 3.72. The van der Waals surface area contributed by atoms with Crippen molar-refractivity contribution in [2.75, 3.05) is 20.2 Å². The number of rotatable bonds is 12. The monoisotopic (exact) mass is 445 g/mol. The summed E-state index contributed by atoms with van der Waals surface area (Å²) in [6, 6.07) is 9.69. The highest BCUT2D eigenvalue weighted by atomic mass is 16.6. The number of benzene rings is 1. The molecule has 0 aromatic heterocycles. The largest absolute Gasteiger partial charge is 0.444 e. The van der Waals surface area contributed by atoms with E-state index in [1.54, 1.807) is 4.90 Å². The summed E-state index contributed by atoms with van der Waals surface area (Å²) in [5.41, 5.74) is 7.40. The van der Waals surface area contributed by atoms with Crippen molar-refractivity contribution in [3.63, 3.8) is 0 Å². The fourth-order valence-corrected chi connectivity index (χ4v) is 3.72. The van der Waals surface area contributed by atoms with Crippen LogP contribution in [0.2, 0.25) is 0 Å². The zero-order chi connectivity index (χ0) is 24.1. The Balaban J connectivity index is 3.16. The molecule has 4 N–H and O–H groups in total. The third kappa shape index (κ3) is 9.88. The Labute approximate surface area is 194 Å². The highest BCUT2D eigenvalue weighted by Crippen LogP contribution is 2.28. The topological polar surface area (TPSA) is 87.8 Å². The molecule has 0 saturated carbocycles. The number of nitrogens with two attached hydrogens (primary N) is 1. The van der Waals surface area contributed by atoms with Crippen LogP contribution in [-0.2, 0) is 4.74 Å². The van der Waals surface area contributed by atoms with Crippen LogP contribution < -0.4 is 11.1 Å². The second-order valence-electron chi connectivity index (χ2n) is 9.18. The molecule has 0 aliphatic heterocycles. The molecule has 1 rings (SSSR count). The third-order valence-corrected chi connectivity index (χ3v) is 5.18. The van der Waals surface area contributed by atoms with Crippen LogP contribution in [-0.4, -0.2) is 54.0 Å². The second kappa shape index (κ2) is 14.0. The standard InChI is InChI=1S/C26H43N3O3/c1-7-24(23(19-30)22-14-9-8-10-15-22)29(25(31)32-26(3,4)5)17-16-21(18-28-6)13-11-12-20(2)27/h8-12,14-15,18,20,23-24,28,30H,7,13,16-17,19,27H2,1-6H3/b12-11-,21-18+. The maximum atomic E-state index is 13.2. The third-order valence-electron chi connectivity index (χ3n) is 5.18. The van der Waals surface area contributed by atoms with Crippen molar-refractivity contribution >= 4 is 6.09 Å². The van der Waals surface area contributed by atoms with Crippen LogP contribution in [0, 0.1) is 0 Å². The lowest BCUT2D eigenvalue weighted by atomic mass is 9.89. The first-order valence-corrected chi connectivity index (χ1v) is 11.6. The van der Waals surface area contributed by atoms with Gasteiger partial charge in [0.15, 0.2) is 0 Å². The molecule has 0 saturated heterocycles. The average Bonchev–Trinajstić information content (AvgIpc) is 2.72. The molecule has 32 heavy (non-hydrogen) atoms. The molecule has 3 atom stereocenters. The van der Waals surface area contributed by atoms with Crippen LogP contribution in [0.3, 0.4) is 0 Å². The van der Waals surface area contributed by atoms with Gasteiger partial charge in [0, 0.05) is 31.6 Å². The number of aliphatic hydroxyl groups excluding tert-OH is 1. The first-order chi connectivity index (χ1) is 15.1. The molecule has 0 radical (unpaired) electrons. The van der Waals surface area contributed by atoms with Gasteiger partial charge >= 0.3 is 6.09 Å². The number of nitrogens with one attached hydrogen (secondary N) is 1. The number of aliphatic hydroxyl groups is 1. The van der Waals surface area contributed by atoms with Gasteiger partial charge in [-0.1, -0.05) is 49.4 Å². The van der Waals surface area contributed by atoms with Crippen molar-refractivity contribution in [1.82, 2.24) is 10.2 Å². The Hall–Kier alpha value is -2.31. The Morgan fingerprint density at radius 1 is 1.28 bits per heavy atom. The zero-order valence-corrected chi connectivity index (χ0v) is 20.7. The lowest BCUT2D eigenvalue weighted by Gasteiger charge is -2.37. The Morgan fingerprint density at radius 3 is 2.44 bits per heavy atom. The molecule has 6 nitrogen and oxygen atoms in total. The molecule has 0 bridgehead atoms. The van der Waals surface area contributed by atoms with E-state index in [4.69, 9.17) is 10.5 Å². The van der Waals surface area contributed by atoms with Crippen molar-refractivity contribution < 1.29 is 14.6 Å². The molecule has 0 heterocycles. The lowest BCUT2D eigenvalue weighted by Crippen LogP contribution is -2.47. The summed E-state index contributed by atoms with van der Waals surface area (Å²) < 4.78 is 5.76. The van der Waals surface area contributed by atoms with Gasteiger partial charge in [-0.15, -0.1) is 0 Å². The Morgan fingerprint density at radius 2 is 1.94 bits per heavy atom. The molecule has 3 unspecified atom stereocenters.